The van der Waals surface area contributed by atoms with Crippen LogP contribution in [0, 0.1) is 0 Å². The quantitative estimate of drug-likeness (QED) is 0.607. The number of benzene rings is 1. The van der Waals surface area contributed by atoms with Crippen molar-refractivity contribution in [2.45, 2.75) is 19.9 Å². The van der Waals surface area contributed by atoms with E-state index in [1.165, 1.54) is 12.3 Å². The van der Waals surface area contributed by atoms with E-state index in [9.17, 15) is 0 Å². The van der Waals surface area contributed by atoms with Gasteiger partial charge in [-0.15, -0.1) is 0 Å². The van der Waals surface area contributed by atoms with Crippen LogP contribution in [0.15, 0.2) is 24.5 Å². The topological polar surface area (TPSA) is 47.0 Å². The van der Waals surface area contributed by atoms with Crippen molar-refractivity contribution < 1.29 is 4.74 Å². The molecular weight excluding hydrogens is 333 g/mol. The normalized spacial score (nSPS) is 10.7. The molecule has 1 heterocycles. The summed E-state index contributed by atoms with van der Waals surface area (Å²) >= 11 is 17.9. The lowest BCUT2D eigenvalue weighted by atomic mass is 10.3. The second-order valence-corrected chi connectivity index (χ2v) is 5.55. The number of hydrogen-bond donors (Lipinski definition) is 1. The smallest absolute Gasteiger partial charge is 0.238 e. The van der Waals surface area contributed by atoms with Gasteiger partial charge in [-0.1, -0.05) is 41.7 Å². The van der Waals surface area contributed by atoms with Crippen LogP contribution < -0.4 is 10.1 Å². The van der Waals surface area contributed by atoms with E-state index in [2.05, 4.69) is 22.2 Å². The zero-order chi connectivity index (χ0) is 15.2. The summed E-state index contributed by atoms with van der Waals surface area (Å²) in [4.78, 5) is 8.45. The summed E-state index contributed by atoms with van der Waals surface area (Å²) in [5, 5.41) is 4.35. The van der Waals surface area contributed by atoms with Crippen LogP contribution in [0.5, 0.6) is 11.6 Å². The zero-order valence-electron chi connectivity index (χ0n) is 11.4. The number of nitrogens with zero attached hydrogens (tertiary/aromatic N) is 2. The molecule has 0 bridgehead atoms. The van der Waals surface area contributed by atoms with Gasteiger partial charge in [0.1, 0.15) is 5.75 Å². The number of halogens is 3. The molecule has 0 aliphatic rings. The van der Waals surface area contributed by atoms with Crippen molar-refractivity contribution in [2.75, 3.05) is 6.54 Å². The standard InChI is InChI=1S/C14H14Cl3N3O/c1-2-3-18-6-9-7-19-8-14(20-9)21-13-5-11(16)10(15)4-12(13)17/h4-5,7-8,18H,2-3,6H2,1H3. The van der Waals surface area contributed by atoms with Crippen LogP contribution in [0.25, 0.3) is 0 Å². The Kier molecular flexibility index (Phi) is 6.06. The van der Waals surface area contributed by atoms with E-state index in [1.54, 1.807) is 12.3 Å². The molecule has 0 aliphatic carbocycles. The predicted molar refractivity (Wildman–Crippen MR) is 85.6 cm³/mol. The van der Waals surface area contributed by atoms with Crippen LogP contribution in [0.3, 0.4) is 0 Å². The fourth-order valence-corrected chi connectivity index (χ4v) is 2.18. The largest absolute Gasteiger partial charge is 0.436 e. The molecule has 0 saturated heterocycles. The van der Waals surface area contributed by atoms with Crippen molar-refractivity contribution in [1.29, 1.82) is 0 Å². The molecule has 2 aromatic rings. The van der Waals surface area contributed by atoms with Gasteiger partial charge in [-0.25, -0.2) is 4.98 Å². The summed E-state index contributed by atoms with van der Waals surface area (Å²) < 4.78 is 5.62. The molecule has 1 aromatic carbocycles. The van der Waals surface area contributed by atoms with Gasteiger partial charge in [0.2, 0.25) is 5.88 Å². The first-order valence-corrected chi connectivity index (χ1v) is 7.57. The summed E-state index contributed by atoms with van der Waals surface area (Å²) in [5.74, 6) is 0.741. The molecule has 0 aliphatic heterocycles. The highest BCUT2D eigenvalue weighted by atomic mass is 35.5. The third-order valence-electron chi connectivity index (χ3n) is 2.58. The van der Waals surface area contributed by atoms with Crippen LogP contribution in [-0.2, 0) is 6.54 Å². The molecule has 2 rings (SSSR count). The maximum atomic E-state index is 6.06. The summed E-state index contributed by atoms with van der Waals surface area (Å²) in [6.45, 7) is 3.66. The lowest BCUT2D eigenvalue weighted by Gasteiger charge is -2.09. The van der Waals surface area contributed by atoms with E-state index in [0.717, 1.165) is 18.7 Å². The maximum Gasteiger partial charge on any atom is 0.238 e. The number of aromatic nitrogens is 2. The number of nitrogens with one attached hydrogen (secondary N) is 1. The maximum absolute atomic E-state index is 6.06. The second kappa shape index (κ2) is 7.80. The number of ether oxygens (including phenoxy) is 1. The highest BCUT2D eigenvalue weighted by molar-refractivity contribution is 6.43. The van der Waals surface area contributed by atoms with Crippen LogP contribution in [0.4, 0.5) is 0 Å². The average Bonchev–Trinajstić information content (AvgIpc) is 2.45. The van der Waals surface area contributed by atoms with Gasteiger partial charge in [0, 0.05) is 18.8 Å². The molecule has 112 valence electrons. The second-order valence-electron chi connectivity index (χ2n) is 4.32. The molecule has 0 atom stereocenters. The molecule has 7 heteroatoms. The third kappa shape index (κ3) is 4.71. The Morgan fingerprint density at radius 2 is 1.86 bits per heavy atom. The van der Waals surface area contributed by atoms with Gasteiger partial charge >= 0.3 is 0 Å². The van der Waals surface area contributed by atoms with Crippen molar-refractivity contribution in [2.24, 2.45) is 0 Å². The van der Waals surface area contributed by atoms with Crippen molar-refractivity contribution in [3.63, 3.8) is 0 Å². The van der Waals surface area contributed by atoms with Gasteiger partial charge in [0.15, 0.2) is 0 Å². The Labute approximate surface area is 138 Å². The highest BCUT2D eigenvalue weighted by Crippen LogP contribution is 2.35. The summed E-state index contributed by atoms with van der Waals surface area (Å²) in [5.41, 5.74) is 0.789. The van der Waals surface area contributed by atoms with Crippen molar-refractivity contribution in [3.05, 3.63) is 45.3 Å². The molecule has 21 heavy (non-hydrogen) atoms. The fraction of sp³-hybridized carbons (Fsp3) is 0.286. The van der Waals surface area contributed by atoms with E-state index in [1.807, 2.05) is 0 Å². The third-order valence-corrected chi connectivity index (χ3v) is 3.60. The molecule has 4 nitrogen and oxygen atoms in total. The molecule has 1 N–H and O–H groups in total. The van der Waals surface area contributed by atoms with E-state index < -0.39 is 0 Å². The van der Waals surface area contributed by atoms with E-state index in [4.69, 9.17) is 39.5 Å². The van der Waals surface area contributed by atoms with E-state index >= 15 is 0 Å². The van der Waals surface area contributed by atoms with Gasteiger partial charge in [-0.3, -0.25) is 4.98 Å². The highest BCUT2D eigenvalue weighted by Gasteiger charge is 2.09. The lowest BCUT2D eigenvalue weighted by molar-refractivity contribution is 0.456. The molecule has 0 unspecified atom stereocenters. The Hall–Kier alpha value is -1.07. The molecule has 1 aromatic heterocycles. The Morgan fingerprint density at radius 3 is 2.62 bits per heavy atom. The van der Waals surface area contributed by atoms with Gasteiger partial charge in [0.05, 0.1) is 27.0 Å². The average molecular weight is 347 g/mol. The minimum Gasteiger partial charge on any atom is -0.436 e. The molecule has 0 saturated carbocycles. The molecule has 0 fully saturated rings. The van der Waals surface area contributed by atoms with Gasteiger partial charge in [-0.05, 0) is 19.0 Å². The minimum atomic E-state index is 0.353. The SMILES string of the molecule is CCCNCc1cncc(Oc2cc(Cl)c(Cl)cc2Cl)n1. The minimum absolute atomic E-state index is 0.353. The first kappa shape index (κ1) is 16.3. The van der Waals surface area contributed by atoms with Crippen LogP contribution in [-0.4, -0.2) is 16.5 Å². The van der Waals surface area contributed by atoms with Gasteiger partial charge in [0.25, 0.3) is 0 Å². The van der Waals surface area contributed by atoms with Crippen molar-refractivity contribution in [3.8, 4) is 11.6 Å². The van der Waals surface area contributed by atoms with E-state index in [0.29, 0.717) is 33.2 Å². The van der Waals surface area contributed by atoms with Crippen LogP contribution in [0.2, 0.25) is 15.1 Å². The molecule has 0 amide bonds. The first-order chi connectivity index (χ1) is 10.1. The first-order valence-electron chi connectivity index (χ1n) is 6.44. The molecule has 0 radical (unpaired) electrons. The van der Waals surface area contributed by atoms with Gasteiger partial charge < -0.3 is 10.1 Å². The summed E-state index contributed by atoms with van der Waals surface area (Å²) in [6, 6.07) is 3.08. The number of hydrogen-bond acceptors (Lipinski definition) is 4. The Bertz CT molecular complexity index is 622. The van der Waals surface area contributed by atoms with Crippen molar-refractivity contribution in [1.82, 2.24) is 15.3 Å². The lowest BCUT2D eigenvalue weighted by Crippen LogP contribution is -2.15. The van der Waals surface area contributed by atoms with E-state index in [-0.39, 0.29) is 0 Å². The predicted octanol–water partition coefficient (Wildman–Crippen LogP) is 4.73. The zero-order valence-corrected chi connectivity index (χ0v) is 13.6. The summed E-state index contributed by atoms with van der Waals surface area (Å²) in [7, 11) is 0. The monoisotopic (exact) mass is 345 g/mol. The molecule has 0 spiro atoms. The Morgan fingerprint density at radius 1 is 1.10 bits per heavy atom. The van der Waals surface area contributed by atoms with Crippen molar-refractivity contribution >= 4 is 34.8 Å². The van der Waals surface area contributed by atoms with Crippen LogP contribution in [0.1, 0.15) is 19.0 Å². The van der Waals surface area contributed by atoms with Crippen LogP contribution >= 0.6 is 34.8 Å². The molecular formula is C14H14Cl3N3O. The Balaban J connectivity index is 2.12. The summed E-state index contributed by atoms with van der Waals surface area (Å²) in [6.07, 6.45) is 4.26. The number of rotatable bonds is 6. The fourth-order valence-electron chi connectivity index (χ4n) is 1.61. The van der Waals surface area contributed by atoms with Gasteiger partial charge in [-0.2, -0.15) is 0 Å².